The molecule has 0 saturated carbocycles. The van der Waals surface area contributed by atoms with Crippen molar-refractivity contribution in [3.63, 3.8) is 0 Å². The summed E-state index contributed by atoms with van der Waals surface area (Å²) in [6, 6.07) is 9.49. The van der Waals surface area contributed by atoms with Crippen molar-refractivity contribution in [2.24, 2.45) is 11.8 Å². The van der Waals surface area contributed by atoms with Crippen LogP contribution in [0, 0.1) is 5.92 Å². The van der Waals surface area contributed by atoms with Crippen LogP contribution in [0.2, 0.25) is 0 Å². The van der Waals surface area contributed by atoms with Gasteiger partial charge < -0.3 is 0 Å². The maximum atomic E-state index is 13.2. The normalized spacial score (nSPS) is 17.2. The van der Waals surface area contributed by atoms with Gasteiger partial charge in [0.25, 0.3) is 5.56 Å². The monoisotopic (exact) mass is 326 g/mol. The lowest BCUT2D eigenvalue weighted by atomic mass is 9.89. The Morgan fingerprint density at radius 2 is 2.13 bits per heavy atom. The minimum absolute atomic E-state index is 0.0406. The van der Waals surface area contributed by atoms with Gasteiger partial charge >= 0.3 is 0 Å². The van der Waals surface area contributed by atoms with Crippen molar-refractivity contribution in [1.82, 2.24) is 9.55 Å². The molecule has 0 aliphatic heterocycles. The van der Waals surface area contributed by atoms with E-state index >= 15 is 0 Å². The van der Waals surface area contributed by atoms with Gasteiger partial charge in [-0.1, -0.05) is 25.1 Å². The predicted octanol–water partition coefficient (Wildman–Crippen LogP) is 2.86. The van der Waals surface area contributed by atoms with E-state index in [1.54, 1.807) is 15.9 Å². The van der Waals surface area contributed by atoms with Crippen LogP contribution in [0.25, 0.3) is 15.9 Å². The fraction of sp³-hybridized carbons (Fsp3) is 0.294. The summed E-state index contributed by atoms with van der Waals surface area (Å²) < 4.78 is 1.56. The number of aromatic nitrogens is 2. The van der Waals surface area contributed by atoms with Crippen molar-refractivity contribution in [2.45, 2.75) is 26.2 Å². The molecular formula is C17H18N4OS. The van der Waals surface area contributed by atoms with Crippen LogP contribution < -0.4 is 16.8 Å². The molecule has 118 valence electrons. The summed E-state index contributed by atoms with van der Waals surface area (Å²) >= 11 is 1.63. The van der Waals surface area contributed by atoms with Crippen LogP contribution in [0.5, 0.6) is 0 Å². The summed E-state index contributed by atoms with van der Waals surface area (Å²) in [5.41, 5.74) is 4.49. The van der Waals surface area contributed by atoms with Crippen LogP contribution in [0.4, 0.5) is 5.95 Å². The van der Waals surface area contributed by atoms with Gasteiger partial charge in [-0.05, 0) is 42.9 Å². The molecule has 0 saturated heterocycles. The van der Waals surface area contributed by atoms with Gasteiger partial charge in [0.1, 0.15) is 4.83 Å². The van der Waals surface area contributed by atoms with Gasteiger partial charge in [-0.15, -0.1) is 11.3 Å². The standard InChI is InChI=1S/C17H18N4OS/c1-10-7-8-12-13(9-10)23-15-14(12)16(22)21(17(19-15)20-18)11-5-3-2-4-6-11/h2-6,10H,7-9,18H2,1H3,(H,19,20)/t10-/m0/s1. The largest absolute Gasteiger partial charge is 0.293 e. The Morgan fingerprint density at radius 1 is 1.35 bits per heavy atom. The SMILES string of the molecule is C[C@H]1CCc2c(sc3nc(NN)n(-c4ccccc4)c(=O)c23)C1. The first-order valence-corrected chi connectivity index (χ1v) is 8.60. The Kier molecular flexibility index (Phi) is 3.43. The maximum Gasteiger partial charge on any atom is 0.268 e. The van der Waals surface area contributed by atoms with E-state index in [2.05, 4.69) is 17.3 Å². The number of nitrogens with two attached hydrogens (primary N) is 1. The van der Waals surface area contributed by atoms with E-state index in [1.807, 2.05) is 30.3 Å². The fourth-order valence-corrected chi connectivity index (χ4v) is 4.68. The molecule has 23 heavy (non-hydrogen) atoms. The summed E-state index contributed by atoms with van der Waals surface area (Å²) in [7, 11) is 0. The first-order chi connectivity index (χ1) is 11.2. The van der Waals surface area contributed by atoms with E-state index in [9.17, 15) is 4.79 Å². The molecule has 5 nitrogen and oxygen atoms in total. The van der Waals surface area contributed by atoms with Crippen molar-refractivity contribution in [2.75, 3.05) is 5.43 Å². The number of rotatable bonds is 2. The number of hydrogen-bond acceptors (Lipinski definition) is 5. The lowest BCUT2D eigenvalue weighted by Crippen LogP contribution is -2.26. The molecule has 1 aliphatic carbocycles. The number of nitrogens with zero attached hydrogens (tertiary/aromatic N) is 2. The molecule has 3 aromatic rings. The molecule has 2 heterocycles. The Hall–Kier alpha value is -2.18. The number of anilines is 1. The van der Waals surface area contributed by atoms with Crippen molar-refractivity contribution >= 4 is 27.5 Å². The summed E-state index contributed by atoms with van der Waals surface area (Å²) in [5.74, 6) is 6.67. The zero-order valence-corrected chi connectivity index (χ0v) is 13.7. The first-order valence-electron chi connectivity index (χ1n) is 7.78. The van der Waals surface area contributed by atoms with E-state index in [4.69, 9.17) is 5.84 Å². The first kappa shape index (κ1) is 14.4. The highest BCUT2D eigenvalue weighted by Gasteiger charge is 2.24. The zero-order valence-electron chi connectivity index (χ0n) is 12.9. The van der Waals surface area contributed by atoms with E-state index in [1.165, 1.54) is 10.4 Å². The fourth-order valence-electron chi connectivity index (χ4n) is 3.30. The average molecular weight is 326 g/mol. The zero-order chi connectivity index (χ0) is 16.0. The number of fused-ring (bicyclic) bond motifs is 3. The Morgan fingerprint density at radius 3 is 2.87 bits per heavy atom. The van der Waals surface area contributed by atoms with Crippen LogP contribution in [-0.4, -0.2) is 9.55 Å². The molecule has 0 bridgehead atoms. The molecule has 3 N–H and O–H groups in total. The average Bonchev–Trinajstić information content (AvgIpc) is 2.92. The molecule has 0 radical (unpaired) electrons. The highest BCUT2D eigenvalue weighted by Crippen LogP contribution is 2.36. The van der Waals surface area contributed by atoms with Crippen LogP contribution in [0.3, 0.4) is 0 Å². The highest BCUT2D eigenvalue weighted by molar-refractivity contribution is 7.18. The smallest absolute Gasteiger partial charge is 0.268 e. The van der Waals surface area contributed by atoms with Crippen LogP contribution in [-0.2, 0) is 12.8 Å². The minimum atomic E-state index is -0.0406. The molecule has 6 heteroatoms. The molecule has 1 aliphatic rings. The molecule has 1 aromatic carbocycles. The minimum Gasteiger partial charge on any atom is -0.293 e. The van der Waals surface area contributed by atoms with Gasteiger partial charge in [0.15, 0.2) is 0 Å². The van der Waals surface area contributed by atoms with Crippen molar-refractivity contribution in [3.05, 3.63) is 51.1 Å². The topological polar surface area (TPSA) is 72.9 Å². The van der Waals surface area contributed by atoms with Gasteiger partial charge in [0, 0.05) is 4.88 Å². The molecule has 2 aromatic heterocycles. The highest BCUT2D eigenvalue weighted by atomic mass is 32.1. The summed E-state index contributed by atoms with van der Waals surface area (Å²) in [5, 5.41) is 0.764. The number of thiophene rings is 1. The number of para-hydroxylation sites is 1. The number of aryl methyl sites for hydroxylation is 1. The number of nitrogen functional groups attached to an aromatic ring is 1. The summed E-state index contributed by atoms with van der Waals surface area (Å²) in [4.78, 5) is 19.9. The Labute approximate surface area is 137 Å². The predicted molar refractivity (Wildman–Crippen MR) is 94.2 cm³/mol. The van der Waals surface area contributed by atoms with Crippen LogP contribution in [0.15, 0.2) is 35.1 Å². The van der Waals surface area contributed by atoms with Gasteiger partial charge in [0.2, 0.25) is 5.95 Å². The summed E-state index contributed by atoms with van der Waals surface area (Å²) in [6.07, 6.45) is 3.12. The molecule has 4 rings (SSSR count). The van der Waals surface area contributed by atoms with Crippen molar-refractivity contribution in [1.29, 1.82) is 0 Å². The second-order valence-electron chi connectivity index (χ2n) is 6.09. The third-order valence-electron chi connectivity index (χ3n) is 4.47. The van der Waals surface area contributed by atoms with E-state index < -0.39 is 0 Å². The molecule has 0 unspecified atom stereocenters. The van der Waals surface area contributed by atoms with E-state index in [0.717, 1.165) is 35.2 Å². The summed E-state index contributed by atoms with van der Waals surface area (Å²) in [6.45, 7) is 2.26. The molecule has 0 spiro atoms. The van der Waals surface area contributed by atoms with E-state index in [-0.39, 0.29) is 5.56 Å². The Bertz CT molecular complexity index is 929. The molecule has 1 atom stereocenters. The second kappa shape index (κ2) is 5.47. The lowest BCUT2D eigenvalue weighted by molar-refractivity contribution is 0.509. The van der Waals surface area contributed by atoms with Gasteiger partial charge in [-0.25, -0.2) is 15.4 Å². The third kappa shape index (κ3) is 2.26. The van der Waals surface area contributed by atoms with Crippen LogP contribution >= 0.6 is 11.3 Å². The number of nitrogens with one attached hydrogen (secondary N) is 1. The van der Waals surface area contributed by atoms with Gasteiger partial charge in [0.05, 0.1) is 11.1 Å². The number of hydrazine groups is 1. The number of hydrogen-bond donors (Lipinski definition) is 2. The maximum absolute atomic E-state index is 13.2. The molecule has 0 fully saturated rings. The Balaban J connectivity index is 2.04. The third-order valence-corrected chi connectivity index (χ3v) is 5.62. The lowest BCUT2D eigenvalue weighted by Gasteiger charge is -2.17. The van der Waals surface area contributed by atoms with Crippen molar-refractivity contribution in [3.8, 4) is 5.69 Å². The van der Waals surface area contributed by atoms with E-state index in [0.29, 0.717) is 11.9 Å². The molecular weight excluding hydrogens is 308 g/mol. The number of benzene rings is 1. The van der Waals surface area contributed by atoms with Gasteiger partial charge in [-0.2, -0.15) is 0 Å². The van der Waals surface area contributed by atoms with Crippen LogP contribution in [0.1, 0.15) is 23.8 Å². The quantitative estimate of drug-likeness (QED) is 0.561. The van der Waals surface area contributed by atoms with Crippen molar-refractivity contribution < 1.29 is 0 Å². The van der Waals surface area contributed by atoms with Gasteiger partial charge in [-0.3, -0.25) is 10.2 Å². The molecule has 0 amide bonds. The second-order valence-corrected chi connectivity index (χ2v) is 7.17.